The van der Waals surface area contributed by atoms with Gasteiger partial charge in [-0.15, -0.1) is 0 Å². The SMILES string of the molecule is COc1c(C)c(C)c(Cl)c(C)c1C(N)OC. The fourth-order valence-electron chi connectivity index (χ4n) is 1.83. The van der Waals surface area contributed by atoms with Crippen molar-refractivity contribution < 1.29 is 9.47 Å². The number of halogens is 1. The summed E-state index contributed by atoms with van der Waals surface area (Å²) < 4.78 is 10.5. The van der Waals surface area contributed by atoms with E-state index in [9.17, 15) is 0 Å². The highest BCUT2D eigenvalue weighted by atomic mass is 35.5. The Kier molecular flexibility index (Phi) is 4.19. The van der Waals surface area contributed by atoms with Crippen LogP contribution in [0.4, 0.5) is 0 Å². The minimum Gasteiger partial charge on any atom is -0.496 e. The summed E-state index contributed by atoms with van der Waals surface area (Å²) in [7, 11) is 3.19. The van der Waals surface area contributed by atoms with Gasteiger partial charge >= 0.3 is 0 Å². The number of ether oxygens (including phenoxy) is 2. The molecule has 1 rings (SSSR count). The van der Waals surface area contributed by atoms with E-state index in [1.165, 1.54) is 0 Å². The van der Waals surface area contributed by atoms with E-state index in [-0.39, 0.29) is 0 Å². The van der Waals surface area contributed by atoms with Crippen LogP contribution in [0.2, 0.25) is 5.02 Å². The molecule has 0 spiro atoms. The summed E-state index contributed by atoms with van der Waals surface area (Å²) in [6, 6.07) is 0. The van der Waals surface area contributed by atoms with Crippen LogP contribution in [-0.2, 0) is 4.74 Å². The highest BCUT2D eigenvalue weighted by Crippen LogP contribution is 2.38. The minimum absolute atomic E-state index is 0.522. The van der Waals surface area contributed by atoms with Crippen LogP contribution in [0.5, 0.6) is 5.75 Å². The summed E-state index contributed by atoms with van der Waals surface area (Å²) in [5.41, 5.74) is 9.65. The smallest absolute Gasteiger partial charge is 0.135 e. The van der Waals surface area contributed by atoms with Gasteiger partial charge in [0.05, 0.1) is 7.11 Å². The average Bonchev–Trinajstić information content (AvgIpc) is 2.29. The number of rotatable bonds is 3. The second-order valence-electron chi connectivity index (χ2n) is 3.79. The van der Waals surface area contributed by atoms with E-state index >= 15 is 0 Å². The Balaban J connectivity index is 3.57. The van der Waals surface area contributed by atoms with E-state index < -0.39 is 6.23 Å². The molecule has 0 heterocycles. The van der Waals surface area contributed by atoms with Gasteiger partial charge in [0.2, 0.25) is 0 Å². The summed E-state index contributed by atoms with van der Waals surface area (Å²) in [4.78, 5) is 0. The molecule has 0 saturated carbocycles. The zero-order chi connectivity index (χ0) is 12.5. The van der Waals surface area contributed by atoms with Crippen LogP contribution in [0.3, 0.4) is 0 Å². The Morgan fingerprint density at radius 2 is 1.62 bits per heavy atom. The zero-order valence-electron chi connectivity index (χ0n) is 10.3. The molecule has 1 unspecified atom stereocenters. The normalized spacial score (nSPS) is 12.7. The van der Waals surface area contributed by atoms with E-state index in [0.717, 1.165) is 33.0 Å². The maximum atomic E-state index is 6.25. The van der Waals surface area contributed by atoms with E-state index in [4.69, 9.17) is 26.8 Å². The standard InChI is InChI=1S/C12H18ClNO2/c1-6-7(2)11(15-4)9(12(14)16-5)8(3)10(6)13/h12H,14H2,1-5H3. The Morgan fingerprint density at radius 3 is 2.06 bits per heavy atom. The molecule has 90 valence electrons. The van der Waals surface area contributed by atoms with E-state index in [1.54, 1.807) is 14.2 Å². The number of benzene rings is 1. The second kappa shape index (κ2) is 5.04. The van der Waals surface area contributed by atoms with Crippen LogP contribution in [0.25, 0.3) is 0 Å². The third-order valence-corrected chi connectivity index (χ3v) is 3.52. The molecule has 0 saturated heterocycles. The van der Waals surface area contributed by atoms with Crippen LogP contribution < -0.4 is 10.5 Å². The van der Waals surface area contributed by atoms with Crippen LogP contribution >= 0.6 is 11.6 Å². The maximum Gasteiger partial charge on any atom is 0.135 e. The molecule has 16 heavy (non-hydrogen) atoms. The zero-order valence-corrected chi connectivity index (χ0v) is 11.1. The molecule has 0 fully saturated rings. The number of nitrogens with two attached hydrogens (primary N) is 1. The van der Waals surface area contributed by atoms with Gasteiger partial charge in [0, 0.05) is 17.7 Å². The summed E-state index contributed by atoms with van der Waals surface area (Å²) >= 11 is 6.25. The quantitative estimate of drug-likeness (QED) is 0.831. The van der Waals surface area contributed by atoms with Gasteiger partial charge in [0.15, 0.2) is 0 Å². The highest BCUT2D eigenvalue weighted by molar-refractivity contribution is 6.32. The van der Waals surface area contributed by atoms with Crippen molar-refractivity contribution in [2.75, 3.05) is 14.2 Å². The van der Waals surface area contributed by atoms with E-state index in [0.29, 0.717) is 0 Å². The van der Waals surface area contributed by atoms with Crippen LogP contribution in [0.1, 0.15) is 28.5 Å². The minimum atomic E-state index is -0.522. The van der Waals surface area contributed by atoms with Crippen molar-refractivity contribution in [3.05, 3.63) is 27.3 Å². The number of methoxy groups -OCH3 is 2. The van der Waals surface area contributed by atoms with Gasteiger partial charge in [-0.3, -0.25) is 0 Å². The van der Waals surface area contributed by atoms with E-state index in [1.807, 2.05) is 20.8 Å². The average molecular weight is 244 g/mol. The first-order valence-electron chi connectivity index (χ1n) is 5.07. The molecule has 0 aliphatic heterocycles. The molecule has 0 bridgehead atoms. The van der Waals surface area contributed by atoms with Gasteiger partial charge in [-0.2, -0.15) is 0 Å². The summed E-state index contributed by atoms with van der Waals surface area (Å²) in [6.07, 6.45) is -0.522. The molecule has 1 atom stereocenters. The largest absolute Gasteiger partial charge is 0.496 e. The molecule has 4 heteroatoms. The maximum absolute atomic E-state index is 6.25. The van der Waals surface area contributed by atoms with Crippen LogP contribution in [0, 0.1) is 20.8 Å². The monoisotopic (exact) mass is 243 g/mol. The predicted molar refractivity (Wildman–Crippen MR) is 66.2 cm³/mol. The Hall–Kier alpha value is -0.770. The lowest BCUT2D eigenvalue weighted by Gasteiger charge is -2.21. The number of hydrogen-bond donors (Lipinski definition) is 1. The van der Waals surface area contributed by atoms with Gasteiger partial charge in [-0.25, -0.2) is 0 Å². The molecule has 0 radical (unpaired) electrons. The molecule has 0 aliphatic rings. The fraction of sp³-hybridized carbons (Fsp3) is 0.500. The number of hydrogen-bond acceptors (Lipinski definition) is 3. The van der Waals surface area contributed by atoms with Gasteiger partial charge in [0.1, 0.15) is 12.0 Å². The molecular formula is C12H18ClNO2. The molecule has 1 aromatic carbocycles. The summed E-state index contributed by atoms with van der Waals surface area (Å²) in [5.74, 6) is 0.758. The van der Waals surface area contributed by atoms with Crippen LogP contribution in [-0.4, -0.2) is 14.2 Å². The Labute approximate surface area is 101 Å². The van der Waals surface area contributed by atoms with Gasteiger partial charge in [0.25, 0.3) is 0 Å². The first kappa shape index (κ1) is 13.3. The van der Waals surface area contributed by atoms with Crippen molar-refractivity contribution >= 4 is 11.6 Å². The van der Waals surface area contributed by atoms with Crippen molar-refractivity contribution in [2.45, 2.75) is 27.0 Å². The van der Waals surface area contributed by atoms with Gasteiger partial charge in [-0.1, -0.05) is 11.6 Å². The second-order valence-corrected chi connectivity index (χ2v) is 4.17. The fourth-order valence-corrected chi connectivity index (χ4v) is 2.07. The van der Waals surface area contributed by atoms with Gasteiger partial charge < -0.3 is 15.2 Å². The first-order chi connectivity index (χ1) is 7.45. The third kappa shape index (κ3) is 2.03. The molecular weight excluding hydrogens is 226 g/mol. The van der Waals surface area contributed by atoms with Crippen LogP contribution in [0.15, 0.2) is 0 Å². The lowest BCUT2D eigenvalue weighted by Crippen LogP contribution is -2.16. The van der Waals surface area contributed by atoms with Crippen molar-refractivity contribution in [1.82, 2.24) is 0 Å². The van der Waals surface area contributed by atoms with E-state index in [2.05, 4.69) is 0 Å². The lowest BCUT2D eigenvalue weighted by atomic mass is 9.98. The molecule has 0 aliphatic carbocycles. The topological polar surface area (TPSA) is 44.5 Å². The summed E-state index contributed by atoms with van der Waals surface area (Å²) in [6.45, 7) is 5.85. The third-order valence-electron chi connectivity index (χ3n) is 2.95. The van der Waals surface area contributed by atoms with Crippen molar-refractivity contribution in [3.8, 4) is 5.75 Å². The van der Waals surface area contributed by atoms with Crippen molar-refractivity contribution in [1.29, 1.82) is 0 Å². The van der Waals surface area contributed by atoms with Crippen molar-refractivity contribution in [3.63, 3.8) is 0 Å². The van der Waals surface area contributed by atoms with Crippen molar-refractivity contribution in [2.24, 2.45) is 5.73 Å². The molecule has 1 aromatic rings. The molecule has 0 aromatic heterocycles. The first-order valence-corrected chi connectivity index (χ1v) is 5.45. The summed E-state index contributed by atoms with van der Waals surface area (Å²) in [5, 5.41) is 0.723. The van der Waals surface area contributed by atoms with Gasteiger partial charge in [-0.05, 0) is 37.5 Å². The Morgan fingerprint density at radius 1 is 1.06 bits per heavy atom. The molecule has 0 amide bonds. The predicted octanol–water partition coefficient (Wildman–Crippen LogP) is 2.88. The Bertz CT molecular complexity index is 405. The molecule has 3 nitrogen and oxygen atoms in total. The highest BCUT2D eigenvalue weighted by Gasteiger charge is 2.21. The lowest BCUT2D eigenvalue weighted by molar-refractivity contribution is 0.106. The molecule has 2 N–H and O–H groups in total.